The summed E-state index contributed by atoms with van der Waals surface area (Å²) in [5.74, 6) is -0.958. The van der Waals surface area contributed by atoms with Crippen LogP contribution in [0.4, 0.5) is 0 Å². The number of benzene rings is 1. The number of hydrogen-bond donors (Lipinski definition) is 3. The van der Waals surface area contributed by atoms with Crippen molar-refractivity contribution in [3.8, 4) is 0 Å². The van der Waals surface area contributed by atoms with Crippen LogP contribution in [0.5, 0.6) is 0 Å². The van der Waals surface area contributed by atoms with E-state index in [9.17, 15) is 9.90 Å². The first-order valence-corrected chi connectivity index (χ1v) is 6.53. The summed E-state index contributed by atoms with van der Waals surface area (Å²) in [5.41, 5.74) is 2.62. The molecule has 0 aliphatic heterocycles. The number of H-pyrrole nitrogens is 2. The summed E-state index contributed by atoms with van der Waals surface area (Å²) >= 11 is 0. The highest BCUT2D eigenvalue weighted by atomic mass is 16.4. The monoisotopic (exact) mass is 282 g/mol. The maximum absolute atomic E-state index is 11.3. The molecule has 1 atom stereocenters. The van der Waals surface area contributed by atoms with Crippen LogP contribution in [0.25, 0.3) is 10.9 Å². The molecular weight excluding hydrogens is 268 g/mol. The summed E-state index contributed by atoms with van der Waals surface area (Å²) < 4.78 is 0. The van der Waals surface area contributed by atoms with Gasteiger partial charge in [0.05, 0.1) is 6.33 Å². The maximum Gasteiger partial charge on any atom is 0.328 e. The lowest BCUT2D eigenvalue weighted by Gasteiger charge is -2.05. The lowest BCUT2D eigenvalue weighted by molar-refractivity contribution is -0.138. The van der Waals surface area contributed by atoms with Gasteiger partial charge in [0.15, 0.2) is 6.04 Å². The number of aromatic amines is 2. The summed E-state index contributed by atoms with van der Waals surface area (Å²) in [6.07, 6.45) is 6.85. The minimum absolute atomic E-state index is 0.286. The zero-order chi connectivity index (χ0) is 14.7. The van der Waals surface area contributed by atoms with Crippen LogP contribution in [-0.4, -0.2) is 38.3 Å². The molecule has 1 unspecified atom stereocenters. The predicted molar refractivity (Wildman–Crippen MR) is 79.6 cm³/mol. The summed E-state index contributed by atoms with van der Waals surface area (Å²) in [6, 6.07) is 6.98. The molecule has 21 heavy (non-hydrogen) atoms. The van der Waals surface area contributed by atoms with Gasteiger partial charge in [0.2, 0.25) is 0 Å². The van der Waals surface area contributed by atoms with Gasteiger partial charge in [-0.15, -0.1) is 0 Å². The molecule has 0 saturated heterocycles. The Hall–Kier alpha value is -2.89. The van der Waals surface area contributed by atoms with E-state index in [1.165, 1.54) is 6.33 Å². The predicted octanol–water partition coefficient (Wildman–Crippen LogP) is 2.01. The Balaban J connectivity index is 1.83. The molecule has 0 amide bonds. The van der Waals surface area contributed by atoms with Crippen molar-refractivity contribution in [3.05, 3.63) is 54.2 Å². The molecule has 0 fully saturated rings. The van der Waals surface area contributed by atoms with E-state index in [1.807, 2.05) is 30.5 Å². The van der Waals surface area contributed by atoms with E-state index in [4.69, 9.17) is 0 Å². The average molecular weight is 282 g/mol. The van der Waals surface area contributed by atoms with Gasteiger partial charge in [-0.25, -0.2) is 9.78 Å². The molecule has 0 saturated carbocycles. The normalized spacial score (nSPS) is 13.0. The quantitative estimate of drug-likeness (QED) is 0.625. The number of nitrogens with one attached hydrogen (secondary N) is 2. The van der Waals surface area contributed by atoms with Gasteiger partial charge in [0.1, 0.15) is 0 Å². The van der Waals surface area contributed by atoms with Crippen LogP contribution >= 0.6 is 0 Å². The zero-order valence-corrected chi connectivity index (χ0v) is 11.2. The molecule has 6 nitrogen and oxygen atoms in total. The number of carbonyl (C=O) groups is 1. The fourth-order valence-corrected chi connectivity index (χ4v) is 2.18. The van der Waals surface area contributed by atoms with Crippen LogP contribution < -0.4 is 0 Å². The molecule has 1 aromatic carbocycles. The molecule has 0 bridgehead atoms. The van der Waals surface area contributed by atoms with Crippen LogP contribution in [0, 0.1) is 0 Å². The second-order valence-electron chi connectivity index (χ2n) is 4.70. The molecular formula is C15H14N4O2. The Morgan fingerprint density at radius 1 is 1.38 bits per heavy atom. The molecule has 3 aromatic rings. The number of aromatic nitrogens is 3. The van der Waals surface area contributed by atoms with E-state index in [-0.39, 0.29) is 6.42 Å². The zero-order valence-electron chi connectivity index (χ0n) is 11.2. The summed E-state index contributed by atoms with van der Waals surface area (Å²) in [4.78, 5) is 25.4. The molecule has 6 heteroatoms. The van der Waals surface area contributed by atoms with Gasteiger partial charge in [-0.3, -0.25) is 4.99 Å². The van der Waals surface area contributed by atoms with Gasteiger partial charge < -0.3 is 15.1 Å². The van der Waals surface area contributed by atoms with Crippen LogP contribution in [0.2, 0.25) is 0 Å². The Morgan fingerprint density at radius 3 is 3.00 bits per heavy atom. The molecule has 0 aliphatic carbocycles. The first kappa shape index (κ1) is 13.1. The van der Waals surface area contributed by atoms with Gasteiger partial charge in [0.25, 0.3) is 0 Å². The number of fused-ring (bicyclic) bond motifs is 1. The van der Waals surface area contributed by atoms with Crippen molar-refractivity contribution < 1.29 is 9.90 Å². The fourth-order valence-electron chi connectivity index (χ4n) is 2.18. The lowest BCUT2D eigenvalue weighted by atomic mass is 10.1. The number of carboxylic acid groups (broad SMARTS) is 1. The maximum atomic E-state index is 11.3. The largest absolute Gasteiger partial charge is 0.480 e. The Bertz CT molecular complexity index is 774. The molecule has 106 valence electrons. The summed E-state index contributed by atoms with van der Waals surface area (Å²) in [6.45, 7) is 0. The third-order valence-corrected chi connectivity index (χ3v) is 3.27. The number of para-hydroxylation sites is 1. The second-order valence-corrected chi connectivity index (χ2v) is 4.70. The Labute approximate surface area is 120 Å². The third-order valence-electron chi connectivity index (χ3n) is 3.27. The van der Waals surface area contributed by atoms with Gasteiger partial charge in [0, 0.05) is 47.2 Å². The number of aliphatic imine (C=N–C) groups is 1. The molecule has 0 radical (unpaired) electrons. The van der Waals surface area contributed by atoms with Crippen LogP contribution in [0.15, 0.2) is 48.0 Å². The summed E-state index contributed by atoms with van der Waals surface area (Å²) in [5, 5.41) is 10.3. The van der Waals surface area contributed by atoms with Crippen molar-refractivity contribution in [2.75, 3.05) is 0 Å². The van der Waals surface area contributed by atoms with E-state index in [0.717, 1.165) is 22.2 Å². The highest BCUT2D eigenvalue weighted by Crippen LogP contribution is 2.16. The molecule has 3 rings (SSSR count). The van der Waals surface area contributed by atoms with E-state index in [0.29, 0.717) is 0 Å². The smallest absolute Gasteiger partial charge is 0.328 e. The van der Waals surface area contributed by atoms with Crippen molar-refractivity contribution in [1.29, 1.82) is 0 Å². The molecule has 3 N–H and O–H groups in total. The summed E-state index contributed by atoms with van der Waals surface area (Å²) in [7, 11) is 0. The number of carboxylic acids is 1. The molecule has 0 aliphatic rings. The Kier molecular flexibility index (Phi) is 3.51. The standard InChI is InChI=1S/C15H14N4O2/c20-15(21)14(5-11-8-16-9-19-11)18-7-10-6-17-13-4-2-1-3-12(10)13/h1-4,6-9,14,17H,5H2,(H,16,19)(H,20,21). The highest BCUT2D eigenvalue weighted by molar-refractivity contribution is 5.99. The molecule has 2 heterocycles. The van der Waals surface area contributed by atoms with Crippen LogP contribution in [-0.2, 0) is 11.2 Å². The number of rotatable bonds is 5. The lowest BCUT2D eigenvalue weighted by Crippen LogP contribution is -2.21. The van der Waals surface area contributed by atoms with Crippen molar-refractivity contribution >= 4 is 23.1 Å². The third kappa shape index (κ3) is 2.84. The van der Waals surface area contributed by atoms with Crippen molar-refractivity contribution in [2.45, 2.75) is 12.5 Å². The van der Waals surface area contributed by atoms with E-state index < -0.39 is 12.0 Å². The minimum atomic E-state index is -0.958. The van der Waals surface area contributed by atoms with Crippen molar-refractivity contribution in [1.82, 2.24) is 15.0 Å². The second kappa shape index (κ2) is 5.62. The Morgan fingerprint density at radius 2 is 2.24 bits per heavy atom. The average Bonchev–Trinajstić information content (AvgIpc) is 3.13. The van der Waals surface area contributed by atoms with Gasteiger partial charge in [-0.1, -0.05) is 18.2 Å². The molecule has 0 spiro atoms. The first-order chi connectivity index (χ1) is 10.2. The van der Waals surface area contributed by atoms with E-state index >= 15 is 0 Å². The van der Waals surface area contributed by atoms with Gasteiger partial charge in [-0.2, -0.15) is 0 Å². The first-order valence-electron chi connectivity index (χ1n) is 6.53. The number of aliphatic carboxylic acids is 1. The number of nitrogens with zero attached hydrogens (tertiary/aromatic N) is 2. The van der Waals surface area contributed by atoms with E-state index in [2.05, 4.69) is 19.9 Å². The topological polar surface area (TPSA) is 94.1 Å². The van der Waals surface area contributed by atoms with E-state index in [1.54, 1.807) is 12.4 Å². The SMILES string of the molecule is O=C(O)C(Cc1cnc[nH]1)N=Cc1c[nH]c2ccccc12. The van der Waals surface area contributed by atoms with Crippen molar-refractivity contribution in [3.63, 3.8) is 0 Å². The van der Waals surface area contributed by atoms with Crippen LogP contribution in [0.3, 0.4) is 0 Å². The fraction of sp³-hybridized carbons (Fsp3) is 0.133. The van der Waals surface area contributed by atoms with Gasteiger partial charge in [-0.05, 0) is 6.07 Å². The minimum Gasteiger partial charge on any atom is -0.480 e. The van der Waals surface area contributed by atoms with Crippen LogP contribution in [0.1, 0.15) is 11.3 Å². The molecule has 2 aromatic heterocycles. The highest BCUT2D eigenvalue weighted by Gasteiger charge is 2.16. The number of imidazole rings is 1. The van der Waals surface area contributed by atoms with Gasteiger partial charge >= 0.3 is 5.97 Å². The van der Waals surface area contributed by atoms with Crippen molar-refractivity contribution in [2.24, 2.45) is 4.99 Å². The number of hydrogen-bond acceptors (Lipinski definition) is 3.